The highest BCUT2D eigenvalue weighted by molar-refractivity contribution is 7.13. The van der Waals surface area contributed by atoms with Crippen molar-refractivity contribution in [3.63, 3.8) is 0 Å². The zero-order chi connectivity index (χ0) is 13.8. The Bertz CT molecular complexity index is 665. The lowest BCUT2D eigenvalue weighted by Gasteiger charge is -2.04. The average molecular weight is 281 g/mol. The Hall–Kier alpha value is -2.62. The largest absolute Gasteiger partial charge is 0.299 e. The Labute approximate surface area is 109 Å². The van der Waals surface area contributed by atoms with Gasteiger partial charge in [0.2, 0.25) is 11.0 Å². The fraction of sp³-hybridized carbons (Fsp3) is 0.111. The number of rotatable bonds is 4. The highest BCUT2D eigenvalue weighted by Crippen LogP contribution is 2.09. The number of aromatic nitrogens is 3. The summed E-state index contributed by atoms with van der Waals surface area (Å²) in [7, 11) is 0. The minimum atomic E-state index is -0.640. The van der Waals surface area contributed by atoms with Crippen molar-refractivity contribution in [2.45, 2.75) is 6.54 Å². The standard InChI is InChI=1S/C9H7N5O4S/c15-7(11-9-12-10-5-19-9)4-13-3-6(14(17)18)1-2-8(13)16/h1-3,5H,4H2,(H,11,12,15). The van der Waals surface area contributed by atoms with Crippen LogP contribution in [0.25, 0.3) is 0 Å². The lowest BCUT2D eigenvalue weighted by Crippen LogP contribution is -2.26. The Kier molecular flexibility index (Phi) is 3.61. The third-order valence-corrected chi connectivity index (χ3v) is 2.71. The molecule has 98 valence electrons. The summed E-state index contributed by atoms with van der Waals surface area (Å²) < 4.78 is 0.953. The number of anilines is 1. The number of nitro groups is 1. The molecule has 2 aromatic rings. The molecular formula is C9H7N5O4S. The highest BCUT2D eigenvalue weighted by atomic mass is 32.1. The van der Waals surface area contributed by atoms with Gasteiger partial charge in [-0.2, -0.15) is 0 Å². The van der Waals surface area contributed by atoms with Gasteiger partial charge in [-0.15, -0.1) is 10.2 Å². The smallest absolute Gasteiger partial charge is 0.285 e. The van der Waals surface area contributed by atoms with Gasteiger partial charge >= 0.3 is 0 Å². The second kappa shape index (κ2) is 5.35. The van der Waals surface area contributed by atoms with Crippen LogP contribution in [0, 0.1) is 10.1 Å². The molecule has 1 N–H and O–H groups in total. The molecule has 0 aliphatic rings. The molecule has 2 rings (SSSR count). The summed E-state index contributed by atoms with van der Waals surface area (Å²) in [6.45, 7) is -0.333. The summed E-state index contributed by atoms with van der Waals surface area (Å²) >= 11 is 1.12. The number of carbonyl (C=O) groups excluding carboxylic acids is 1. The normalized spacial score (nSPS) is 10.1. The van der Waals surface area contributed by atoms with Gasteiger partial charge < -0.3 is 0 Å². The van der Waals surface area contributed by atoms with Gasteiger partial charge in [-0.05, 0) is 0 Å². The molecule has 0 saturated carbocycles. The SMILES string of the molecule is O=C(Cn1cc([N+](=O)[O-])ccc1=O)Nc1nncs1. The van der Waals surface area contributed by atoms with Crippen LogP contribution < -0.4 is 10.9 Å². The van der Waals surface area contributed by atoms with Crippen LogP contribution in [0.4, 0.5) is 10.8 Å². The number of nitrogens with zero attached hydrogens (tertiary/aromatic N) is 4. The molecule has 0 atom stereocenters. The molecule has 2 heterocycles. The first-order valence-corrected chi connectivity index (χ1v) is 5.85. The van der Waals surface area contributed by atoms with Crippen LogP contribution in [-0.2, 0) is 11.3 Å². The molecule has 0 saturated heterocycles. The second-order valence-electron chi connectivity index (χ2n) is 3.40. The molecule has 0 aliphatic carbocycles. The fourth-order valence-corrected chi connectivity index (χ4v) is 1.75. The first kappa shape index (κ1) is 12.8. The van der Waals surface area contributed by atoms with E-state index in [-0.39, 0.29) is 12.2 Å². The first-order chi connectivity index (χ1) is 9.06. The molecule has 0 bridgehead atoms. The first-order valence-electron chi connectivity index (χ1n) is 4.97. The predicted molar refractivity (Wildman–Crippen MR) is 65.9 cm³/mol. The van der Waals surface area contributed by atoms with Crippen molar-refractivity contribution < 1.29 is 9.72 Å². The zero-order valence-electron chi connectivity index (χ0n) is 9.35. The van der Waals surface area contributed by atoms with Crippen molar-refractivity contribution >= 4 is 28.1 Å². The van der Waals surface area contributed by atoms with E-state index in [9.17, 15) is 19.7 Å². The van der Waals surface area contributed by atoms with Crippen molar-refractivity contribution in [1.29, 1.82) is 0 Å². The minimum Gasteiger partial charge on any atom is -0.299 e. The lowest BCUT2D eigenvalue weighted by molar-refractivity contribution is -0.385. The van der Waals surface area contributed by atoms with E-state index in [4.69, 9.17) is 0 Å². The van der Waals surface area contributed by atoms with Crippen LogP contribution in [0.2, 0.25) is 0 Å². The van der Waals surface area contributed by atoms with E-state index in [0.29, 0.717) is 5.13 Å². The molecule has 0 aromatic carbocycles. The van der Waals surface area contributed by atoms with Gasteiger partial charge in [-0.25, -0.2) is 0 Å². The molecule has 0 aliphatic heterocycles. The molecule has 1 amide bonds. The topological polar surface area (TPSA) is 120 Å². The molecule has 2 aromatic heterocycles. The zero-order valence-corrected chi connectivity index (χ0v) is 10.2. The Balaban J connectivity index is 2.14. The van der Waals surface area contributed by atoms with E-state index in [1.54, 1.807) is 0 Å². The molecule has 0 spiro atoms. The highest BCUT2D eigenvalue weighted by Gasteiger charge is 2.11. The fourth-order valence-electron chi connectivity index (χ4n) is 1.29. The van der Waals surface area contributed by atoms with Gasteiger partial charge in [0.1, 0.15) is 12.1 Å². The van der Waals surface area contributed by atoms with Crippen LogP contribution in [0.5, 0.6) is 0 Å². The molecule has 0 unspecified atom stereocenters. The molecule has 19 heavy (non-hydrogen) atoms. The Morgan fingerprint density at radius 1 is 1.53 bits per heavy atom. The van der Waals surface area contributed by atoms with Gasteiger partial charge in [0.15, 0.2) is 0 Å². The summed E-state index contributed by atoms with van der Waals surface area (Å²) in [5, 5.41) is 20.4. The quantitative estimate of drug-likeness (QED) is 0.633. The predicted octanol–water partition coefficient (Wildman–Crippen LogP) is 0.247. The average Bonchev–Trinajstić information content (AvgIpc) is 2.84. The van der Waals surface area contributed by atoms with Crippen LogP contribution >= 0.6 is 11.3 Å². The summed E-state index contributed by atoms with van der Waals surface area (Å²) in [6.07, 6.45) is 1.02. The van der Waals surface area contributed by atoms with Crippen molar-refractivity contribution in [2.24, 2.45) is 0 Å². The van der Waals surface area contributed by atoms with E-state index in [2.05, 4.69) is 15.5 Å². The monoisotopic (exact) mass is 281 g/mol. The van der Waals surface area contributed by atoms with E-state index < -0.39 is 16.4 Å². The molecule has 0 radical (unpaired) electrons. The lowest BCUT2D eigenvalue weighted by atomic mass is 10.4. The number of hydrogen-bond donors (Lipinski definition) is 1. The van der Waals surface area contributed by atoms with Crippen LogP contribution in [-0.4, -0.2) is 25.6 Å². The van der Waals surface area contributed by atoms with Crippen LogP contribution in [0.3, 0.4) is 0 Å². The Morgan fingerprint density at radius 3 is 2.95 bits per heavy atom. The summed E-state index contributed by atoms with van der Waals surface area (Å²) in [4.78, 5) is 33.0. The third-order valence-electron chi connectivity index (χ3n) is 2.10. The van der Waals surface area contributed by atoms with Gasteiger partial charge in [-0.1, -0.05) is 11.3 Å². The van der Waals surface area contributed by atoms with Crippen molar-refractivity contribution in [1.82, 2.24) is 14.8 Å². The van der Waals surface area contributed by atoms with E-state index in [1.807, 2.05) is 0 Å². The molecule has 9 nitrogen and oxygen atoms in total. The maximum atomic E-state index is 11.6. The number of carbonyl (C=O) groups is 1. The van der Waals surface area contributed by atoms with Gasteiger partial charge in [0.25, 0.3) is 11.2 Å². The molecule has 10 heteroatoms. The summed E-state index contributed by atoms with van der Waals surface area (Å²) in [5.41, 5.74) is 0.677. The van der Waals surface area contributed by atoms with Crippen molar-refractivity contribution in [3.05, 3.63) is 44.3 Å². The van der Waals surface area contributed by atoms with Crippen LogP contribution in [0.15, 0.2) is 28.6 Å². The molecule has 0 fully saturated rings. The van der Waals surface area contributed by atoms with Crippen molar-refractivity contribution in [3.8, 4) is 0 Å². The number of amides is 1. The number of nitrogens with one attached hydrogen (secondary N) is 1. The maximum Gasteiger partial charge on any atom is 0.285 e. The van der Waals surface area contributed by atoms with Crippen molar-refractivity contribution in [2.75, 3.05) is 5.32 Å². The third kappa shape index (κ3) is 3.19. The maximum absolute atomic E-state index is 11.6. The van der Waals surface area contributed by atoms with Gasteiger partial charge in [-0.3, -0.25) is 29.6 Å². The van der Waals surface area contributed by atoms with E-state index in [1.165, 1.54) is 5.51 Å². The minimum absolute atomic E-state index is 0.261. The number of hydrogen-bond acceptors (Lipinski definition) is 7. The van der Waals surface area contributed by atoms with Gasteiger partial charge in [0.05, 0.1) is 11.1 Å². The second-order valence-corrected chi connectivity index (χ2v) is 4.24. The molecular weight excluding hydrogens is 274 g/mol. The summed E-state index contributed by atoms with van der Waals surface area (Å²) in [6, 6.07) is 2.12. The summed E-state index contributed by atoms with van der Waals surface area (Å²) in [5.74, 6) is -0.514. The number of pyridine rings is 1. The van der Waals surface area contributed by atoms with E-state index >= 15 is 0 Å². The Morgan fingerprint density at radius 2 is 2.32 bits per heavy atom. The van der Waals surface area contributed by atoms with Gasteiger partial charge in [0, 0.05) is 12.1 Å². The van der Waals surface area contributed by atoms with Crippen LogP contribution in [0.1, 0.15) is 0 Å². The van der Waals surface area contributed by atoms with E-state index in [0.717, 1.165) is 34.2 Å².